The molecule has 2 aromatic rings. The number of nitrogens with zero attached hydrogens (tertiary/aromatic N) is 2. The Kier molecular flexibility index (Phi) is 10.1. The van der Waals surface area contributed by atoms with Gasteiger partial charge in [-0.3, -0.25) is 10.2 Å². The number of aliphatic carboxylic acids is 1. The molecule has 0 saturated carbocycles. The molecule has 0 aromatic heterocycles. The van der Waals surface area contributed by atoms with E-state index in [4.69, 9.17) is 24.4 Å². The molecule has 10 nitrogen and oxygen atoms in total. The van der Waals surface area contributed by atoms with Crippen LogP contribution in [0.3, 0.4) is 0 Å². The fraction of sp³-hybridized carbons (Fsp3) is 0.545. The number of carboxylic acids is 1. The second kappa shape index (κ2) is 13.4. The minimum absolute atomic E-state index is 0.0211. The summed E-state index contributed by atoms with van der Waals surface area (Å²) in [5, 5.41) is 18.0. The van der Waals surface area contributed by atoms with Gasteiger partial charge in [-0.15, -0.1) is 0 Å². The Labute approximate surface area is 258 Å². The molecule has 2 heterocycles. The number of methoxy groups -OCH3 is 1. The number of ether oxygens (including phenoxy) is 4. The van der Waals surface area contributed by atoms with Gasteiger partial charge < -0.3 is 33.9 Å². The number of nitrogens with one attached hydrogen (secondary N) is 1. The topological polar surface area (TPSA) is 122 Å². The van der Waals surface area contributed by atoms with Crippen molar-refractivity contribution in [3.8, 4) is 17.2 Å². The van der Waals surface area contributed by atoms with Gasteiger partial charge in [-0.05, 0) is 62.8 Å². The summed E-state index contributed by atoms with van der Waals surface area (Å²) in [6.45, 7) is 13.1. The van der Waals surface area contributed by atoms with E-state index in [-0.39, 0.29) is 59.9 Å². The number of anilines is 1. The van der Waals surface area contributed by atoms with Crippen molar-refractivity contribution in [2.75, 3.05) is 44.9 Å². The number of carbonyl (C=O) groups is 2. The van der Waals surface area contributed by atoms with E-state index < -0.39 is 17.9 Å². The van der Waals surface area contributed by atoms with E-state index in [2.05, 4.69) is 25.7 Å². The van der Waals surface area contributed by atoms with Crippen molar-refractivity contribution in [2.45, 2.75) is 78.6 Å². The number of Topliss-reactive ketones (excluding diaryl/α,β-unsaturated/α-hetero) is 1. The molecule has 0 amide bonds. The minimum atomic E-state index is -0.989. The molecule has 11 heteroatoms. The van der Waals surface area contributed by atoms with Gasteiger partial charge in [-0.1, -0.05) is 20.8 Å². The normalized spacial score (nSPS) is 16.1. The number of rotatable bonds is 12. The standard InChI is InChI=1S/C33H44FN3O7/c1-8-42-26-16-21-17-37(31(35)27(21)28(34)30(26)43-9-2)18-25(38)20-14-23(33(4,5)6)29(41-7)24(15-20)36-12-10-22(11-13-36)44-19(3)32(39)40/h14-16,19,22,35H,8-13,17-18H2,1-7H3,(H,39,40). The van der Waals surface area contributed by atoms with Crippen LogP contribution >= 0.6 is 0 Å². The Morgan fingerprint density at radius 2 is 1.75 bits per heavy atom. The van der Waals surface area contributed by atoms with Gasteiger partial charge in [0.15, 0.2) is 29.2 Å². The maximum Gasteiger partial charge on any atom is 0.332 e. The Bertz CT molecular complexity index is 1410. The van der Waals surface area contributed by atoms with E-state index in [0.29, 0.717) is 49.4 Å². The quantitative estimate of drug-likeness (QED) is 0.303. The van der Waals surface area contributed by atoms with E-state index in [0.717, 1.165) is 11.3 Å². The lowest BCUT2D eigenvalue weighted by Gasteiger charge is -2.36. The molecular weight excluding hydrogens is 569 g/mol. The predicted molar refractivity (Wildman–Crippen MR) is 165 cm³/mol. The molecule has 44 heavy (non-hydrogen) atoms. The molecule has 1 unspecified atom stereocenters. The number of benzene rings is 2. The van der Waals surface area contributed by atoms with Crippen LogP contribution in [-0.4, -0.2) is 79.8 Å². The smallest absolute Gasteiger partial charge is 0.332 e. The number of ketones is 1. The molecule has 0 radical (unpaired) electrons. The van der Waals surface area contributed by atoms with Crippen molar-refractivity contribution < 1.29 is 38.0 Å². The van der Waals surface area contributed by atoms with E-state index in [1.807, 2.05) is 12.1 Å². The van der Waals surface area contributed by atoms with Crippen LogP contribution in [0.25, 0.3) is 0 Å². The number of carboxylic acid groups (broad SMARTS) is 1. The molecule has 1 atom stereocenters. The van der Waals surface area contributed by atoms with Gasteiger partial charge in [0.25, 0.3) is 0 Å². The van der Waals surface area contributed by atoms with Crippen molar-refractivity contribution in [2.24, 2.45) is 0 Å². The second-order valence-corrected chi connectivity index (χ2v) is 12.2. The largest absolute Gasteiger partial charge is 0.494 e. The van der Waals surface area contributed by atoms with Gasteiger partial charge in [-0.25, -0.2) is 9.18 Å². The second-order valence-electron chi connectivity index (χ2n) is 12.2. The van der Waals surface area contributed by atoms with Crippen LogP contribution in [0.2, 0.25) is 0 Å². The van der Waals surface area contributed by atoms with E-state index in [1.54, 1.807) is 31.9 Å². The van der Waals surface area contributed by atoms with Gasteiger partial charge >= 0.3 is 5.97 Å². The summed E-state index contributed by atoms with van der Waals surface area (Å²) in [5.74, 6) is -0.975. The summed E-state index contributed by atoms with van der Waals surface area (Å²) in [5.41, 5.74) is 2.46. The molecule has 0 bridgehead atoms. The number of halogens is 1. The predicted octanol–water partition coefficient (Wildman–Crippen LogP) is 5.41. The number of carbonyl (C=O) groups excluding carboxylic acids is 1. The molecule has 0 aliphatic carbocycles. The van der Waals surface area contributed by atoms with Crippen LogP contribution in [0.4, 0.5) is 10.1 Å². The first-order chi connectivity index (χ1) is 20.8. The Hall–Kier alpha value is -3.86. The molecule has 240 valence electrons. The Morgan fingerprint density at radius 1 is 1.09 bits per heavy atom. The van der Waals surface area contributed by atoms with Gasteiger partial charge in [0.2, 0.25) is 0 Å². The number of hydrogen-bond donors (Lipinski definition) is 2. The molecule has 1 saturated heterocycles. The molecular formula is C33H44FN3O7. The van der Waals surface area contributed by atoms with Crippen molar-refractivity contribution >= 4 is 23.3 Å². The zero-order valence-electron chi connectivity index (χ0n) is 26.7. The molecule has 1 fully saturated rings. The van der Waals surface area contributed by atoms with Crippen LogP contribution in [0, 0.1) is 11.2 Å². The molecule has 2 aromatic carbocycles. The van der Waals surface area contributed by atoms with E-state index >= 15 is 4.39 Å². The molecule has 2 aliphatic heterocycles. The van der Waals surface area contributed by atoms with Crippen molar-refractivity contribution in [1.29, 1.82) is 5.41 Å². The van der Waals surface area contributed by atoms with Gasteiger partial charge in [0.1, 0.15) is 11.6 Å². The summed E-state index contributed by atoms with van der Waals surface area (Å²) in [6, 6.07) is 5.37. The number of amidine groups is 1. The van der Waals surface area contributed by atoms with Gasteiger partial charge in [0.05, 0.1) is 44.2 Å². The highest BCUT2D eigenvalue weighted by Gasteiger charge is 2.34. The van der Waals surface area contributed by atoms with E-state index in [1.165, 1.54) is 6.92 Å². The third-order valence-corrected chi connectivity index (χ3v) is 8.04. The average Bonchev–Trinajstić information content (AvgIpc) is 3.28. The summed E-state index contributed by atoms with van der Waals surface area (Å²) in [4.78, 5) is 28.8. The summed E-state index contributed by atoms with van der Waals surface area (Å²) in [6.07, 6.45) is 0.206. The summed E-state index contributed by atoms with van der Waals surface area (Å²) in [7, 11) is 1.62. The Balaban J connectivity index is 1.61. The number of hydrogen-bond acceptors (Lipinski definition) is 8. The van der Waals surface area contributed by atoms with Crippen molar-refractivity contribution in [1.82, 2.24) is 4.90 Å². The first kappa shape index (κ1) is 33.0. The summed E-state index contributed by atoms with van der Waals surface area (Å²) < 4.78 is 38.3. The zero-order chi connectivity index (χ0) is 32.3. The fourth-order valence-electron chi connectivity index (χ4n) is 5.78. The maximum atomic E-state index is 15.6. The first-order valence-corrected chi connectivity index (χ1v) is 15.1. The first-order valence-electron chi connectivity index (χ1n) is 15.1. The molecule has 2 N–H and O–H groups in total. The number of fused-ring (bicyclic) bond motifs is 1. The monoisotopic (exact) mass is 613 g/mol. The van der Waals surface area contributed by atoms with Gasteiger partial charge in [-0.2, -0.15) is 0 Å². The average molecular weight is 614 g/mol. The van der Waals surface area contributed by atoms with Gasteiger partial charge in [0, 0.05) is 30.8 Å². The van der Waals surface area contributed by atoms with Crippen LogP contribution < -0.4 is 19.1 Å². The minimum Gasteiger partial charge on any atom is -0.494 e. The lowest BCUT2D eigenvalue weighted by Crippen LogP contribution is -2.39. The Morgan fingerprint density at radius 3 is 2.32 bits per heavy atom. The van der Waals surface area contributed by atoms with Crippen LogP contribution in [-0.2, 0) is 21.5 Å². The fourth-order valence-corrected chi connectivity index (χ4v) is 5.78. The van der Waals surface area contributed by atoms with Crippen LogP contribution in [0.15, 0.2) is 18.2 Å². The highest BCUT2D eigenvalue weighted by atomic mass is 19.1. The maximum absolute atomic E-state index is 15.6. The van der Waals surface area contributed by atoms with Crippen LogP contribution in [0.1, 0.15) is 81.4 Å². The van der Waals surface area contributed by atoms with Crippen molar-refractivity contribution in [3.63, 3.8) is 0 Å². The SMILES string of the molecule is CCOc1cc2c(c(F)c1OCC)C(=N)N(CC(=O)c1cc(N3CCC(OC(C)C(=O)O)CC3)c(OC)c(C(C)(C)C)c1)C2. The molecule has 2 aliphatic rings. The highest BCUT2D eigenvalue weighted by Crippen LogP contribution is 2.42. The molecule has 0 spiro atoms. The van der Waals surface area contributed by atoms with E-state index in [9.17, 15) is 14.7 Å². The molecule has 4 rings (SSSR count). The lowest BCUT2D eigenvalue weighted by molar-refractivity contribution is -0.153. The zero-order valence-corrected chi connectivity index (χ0v) is 26.7. The van der Waals surface area contributed by atoms with Crippen molar-refractivity contribution in [3.05, 3.63) is 46.3 Å². The van der Waals surface area contributed by atoms with Crippen LogP contribution in [0.5, 0.6) is 17.2 Å². The summed E-state index contributed by atoms with van der Waals surface area (Å²) >= 11 is 0. The lowest BCUT2D eigenvalue weighted by atomic mass is 9.84. The third kappa shape index (κ3) is 6.77. The highest BCUT2D eigenvalue weighted by molar-refractivity contribution is 6.06. The third-order valence-electron chi connectivity index (χ3n) is 8.04. The number of piperidine rings is 1.